The van der Waals surface area contributed by atoms with Crippen LogP contribution in [-0.2, 0) is 16.0 Å². The van der Waals surface area contributed by atoms with E-state index in [2.05, 4.69) is 10.3 Å². The molecule has 2 rings (SSSR count). The Hall–Kier alpha value is -3.40. The summed E-state index contributed by atoms with van der Waals surface area (Å²) in [5, 5.41) is 12.0. The first kappa shape index (κ1) is 21.9. The van der Waals surface area contributed by atoms with Gasteiger partial charge in [0, 0.05) is 24.8 Å². The Morgan fingerprint density at radius 1 is 1.17 bits per heavy atom. The van der Waals surface area contributed by atoms with Crippen LogP contribution in [0.4, 0.5) is 5.69 Å². The summed E-state index contributed by atoms with van der Waals surface area (Å²) in [7, 11) is 1.58. The molecule has 0 aliphatic heterocycles. The zero-order chi connectivity index (χ0) is 21.7. The predicted octanol–water partition coefficient (Wildman–Crippen LogP) is 2.51. The highest BCUT2D eigenvalue weighted by atomic mass is 16.2. The Morgan fingerprint density at radius 3 is 2.38 bits per heavy atom. The molecule has 152 valence electrons. The lowest BCUT2D eigenvalue weighted by Gasteiger charge is -2.19. The number of nitrogens with one attached hydrogen (secondary N) is 2. The first-order valence-electron chi connectivity index (χ1n) is 9.38. The van der Waals surface area contributed by atoms with Crippen molar-refractivity contribution in [2.24, 2.45) is 0 Å². The van der Waals surface area contributed by atoms with E-state index in [1.807, 2.05) is 38.1 Å². The predicted molar refractivity (Wildman–Crippen MR) is 112 cm³/mol. The van der Waals surface area contributed by atoms with E-state index in [4.69, 9.17) is 5.26 Å². The van der Waals surface area contributed by atoms with Gasteiger partial charge in [-0.2, -0.15) is 5.26 Å². The van der Waals surface area contributed by atoms with E-state index in [-0.39, 0.29) is 30.3 Å². The van der Waals surface area contributed by atoms with Crippen LogP contribution in [0.3, 0.4) is 0 Å². The molecule has 0 bridgehead atoms. The maximum atomic E-state index is 12.5. The number of likely N-dealkylation sites (N-methyl/N-ethyl adjacent to an activating group) is 1. The van der Waals surface area contributed by atoms with Crippen LogP contribution in [0.2, 0.25) is 0 Å². The third-order valence-corrected chi connectivity index (χ3v) is 5.06. The van der Waals surface area contributed by atoms with Gasteiger partial charge in [-0.1, -0.05) is 18.2 Å². The number of pyridine rings is 1. The highest BCUT2D eigenvalue weighted by Gasteiger charge is 2.17. The number of aryl methyl sites for hydroxylation is 3. The molecule has 1 heterocycles. The number of nitriles is 1. The quantitative estimate of drug-likeness (QED) is 0.785. The third-order valence-electron chi connectivity index (χ3n) is 5.06. The summed E-state index contributed by atoms with van der Waals surface area (Å²) < 4.78 is 0. The third kappa shape index (κ3) is 5.11. The lowest BCUT2D eigenvalue weighted by Crippen LogP contribution is -2.35. The summed E-state index contributed by atoms with van der Waals surface area (Å²) in [6, 6.07) is 7.67. The number of carbonyl (C=O) groups is 2. The monoisotopic (exact) mass is 394 g/mol. The van der Waals surface area contributed by atoms with Crippen molar-refractivity contribution < 1.29 is 9.59 Å². The smallest absolute Gasteiger partial charge is 0.266 e. The highest BCUT2D eigenvalue weighted by molar-refractivity contribution is 5.95. The van der Waals surface area contributed by atoms with Crippen LogP contribution >= 0.6 is 0 Å². The number of aromatic nitrogens is 1. The molecule has 0 unspecified atom stereocenters. The summed E-state index contributed by atoms with van der Waals surface area (Å²) in [5.41, 5.74) is 4.36. The molecule has 1 aromatic carbocycles. The van der Waals surface area contributed by atoms with Crippen molar-refractivity contribution in [3.05, 3.63) is 62.1 Å². The SMILES string of the molecule is Cc1cccc(C)c1NC(=O)CN(C)C(=O)CCc1c(C)[nH]c(=O)c(C#N)c1C. The van der Waals surface area contributed by atoms with E-state index in [1.165, 1.54) is 4.90 Å². The number of rotatable bonds is 6. The van der Waals surface area contributed by atoms with Gasteiger partial charge in [-0.15, -0.1) is 0 Å². The second-order valence-corrected chi connectivity index (χ2v) is 7.23. The molecule has 29 heavy (non-hydrogen) atoms. The van der Waals surface area contributed by atoms with Gasteiger partial charge in [0.05, 0.1) is 6.54 Å². The maximum Gasteiger partial charge on any atom is 0.266 e. The van der Waals surface area contributed by atoms with Gasteiger partial charge >= 0.3 is 0 Å². The average molecular weight is 394 g/mol. The standard InChI is InChI=1S/C22H26N4O3/c1-13-7-6-8-14(2)21(13)25-19(27)12-26(5)20(28)10-9-17-15(3)18(11-23)22(29)24-16(17)4/h6-8H,9-10,12H2,1-5H3,(H,24,29)(H,25,27). The summed E-state index contributed by atoms with van der Waals surface area (Å²) in [4.78, 5) is 40.7. The molecule has 0 fully saturated rings. The van der Waals surface area contributed by atoms with E-state index in [1.54, 1.807) is 20.9 Å². The number of hydrogen-bond acceptors (Lipinski definition) is 4. The molecule has 0 aliphatic carbocycles. The highest BCUT2D eigenvalue weighted by Crippen LogP contribution is 2.19. The van der Waals surface area contributed by atoms with Crippen molar-refractivity contribution >= 4 is 17.5 Å². The molecule has 0 radical (unpaired) electrons. The molecule has 0 atom stereocenters. The normalized spacial score (nSPS) is 10.3. The molecule has 0 spiro atoms. The number of H-pyrrole nitrogens is 1. The van der Waals surface area contributed by atoms with Crippen LogP contribution in [0.25, 0.3) is 0 Å². The van der Waals surface area contributed by atoms with E-state index in [9.17, 15) is 14.4 Å². The van der Waals surface area contributed by atoms with Gasteiger partial charge in [-0.25, -0.2) is 0 Å². The van der Waals surface area contributed by atoms with Crippen molar-refractivity contribution in [1.82, 2.24) is 9.88 Å². The van der Waals surface area contributed by atoms with Crippen LogP contribution in [-0.4, -0.2) is 35.3 Å². The Kier molecular flexibility index (Phi) is 6.94. The van der Waals surface area contributed by atoms with Gasteiger partial charge in [-0.05, 0) is 56.4 Å². The van der Waals surface area contributed by atoms with Gasteiger partial charge in [0.25, 0.3) is 5.56 Å². The zero-order valence-electron chi connectivity index (χ0n) is 17.5. The minimum Gasteiger partial charge on any atom is -0.336 e. The molecular weight excluding hydrogens is 368 g/mol. The van der Waals surface area contributed by atoms with E-state index >= 15 is 0 Å². The fourth-order valence-corrected chi connectivity index (χ4v) is 3.34. The van der Waals surface area contributed by atoms with Crippen LogP contribution in [0.5, 0.6) is 0 Å². The van der Waals surface area contributed by atoms with Crippen molar-refractivity contribution in [1.29, 1.82) is 5.26 Å². The Balaban J connectivity index is 2.01. The lowest BCUT2D eigenvalue weighted by molar-refractivity contribution is -0.133. The van der Waals surface area contributed by atoms with Gasteiger partial charge in [0.15, 0.2) is 0 Å². The molecule has 2 amide bonds. The fourth-order valence-electron chi connectivity index (χ4n) is 3.34. The number of para-hydroxylation sites is 1. The molecule has 2 aromatic rings. The van der Waals surface area contributed by atoms with Crippen molar-refractivity contribution in [2.75, 3.05) is 18.9 Å². The second-order valence-electron chi connectivity index (χ2n) is 7.23. The number of carbonyl (C=O) groups excluding carboxylic acids is 2. The van der Waals surface area contributed by atoms with Gasteiger partial charge in [-0.3, -0.25) is 14.4 Å². The Morgan fingerprint density at radius 2 is 1.79 bits per heavy atom. The summed E-state index contributed by atoms with van der Waals surface area (Å²) in [6.45, 7) is 7.24. The minimum atomic E-state index is -0.419. The van der Waals surface area contributed by atoms with Gasteiger partial charge in [0.2, 0.25) is 11.8 Å². The first-order valence-corrected chi connectivity index (χ1v) is 9.38. The molecule has 7 nitrogen and oxygen atoms in total. The minimum absolute atomic E-state index is 0.0559. The molecule has 0 saturated heterocycles. The summed E-state index contributed by atoms with van der Waals surface area (Å²) in [5.74, 6) is -0.452. The number of amides is 2. The summed E-state index contributed by atoms with van der Waals surface area (Å²) >= 11 is 0. The molecular formula is C22H26N4O3. The lowest BCUT2D eigenvalue weighted by atomic mass is 9.99. The van der Waals surface area contributed by atoms with Crippen molar-refractivity contribution in [2.45, 2.75) is 40.5 Å². The fraction of sp³-hybridized carbons (Fsp3) is 0.364. The molecule has 0 saturated carbocycles. The summed E-state index contributed by atoms with van der Waals surface area (Å²) in [6.07, 6.45) is 0.552. The second kappa shape index (κ2) is 9.20. The van der Waals surface area contributed by atoms with Gasteiger partial charge in [0.1, 0.15) is 11.6 Å². The molecule has 7 heteroatoms. The van der Waals surface area contributed by atoms with Crippen LogP contribution in [0, 0.1) is 39.0 Å². The van der Waals surface area contributed by atoms with Crippen LogP contribution < -0.4 is 10.9 Å². The maximum absolute atomic E-state index is 12.5. The van der Waals surface area contributed by atoms with Crippen molar-refractivity contribution in [3.63, 3.8) is 0 Å². The average Bonchev–Trinajstić information content (AvgIpc) is 2.64. The van der Waals surface area contributed by atoms with Gasteiger partial charge < -0.3 is 15.2 Å². The Bertz CT molecular complexity index is 1030. The Labute approximate surface area is 170 Å². The largest absolute Gasteiger partial charge is 0.336 e. The molecule has 2 N–H and O–H groups in total. The van der Waals surface area contributed by atoms with Crippen molar-refractivity contribution in [3.8, 4) is 6.07 Å². The zero-order valence-corrected chi connectivity index (χ0v) is 17.5. The number of benzene rings is 1. The van der Waals surface area contributed by atoms with Crippen LogP contribution in [0.15, 0.2) is 23.0 Å². The van der Waals surface area contributed by atoms with E-state index in [0.717, 1.165) is 22.4 Å². The van der Waals surface area contributed by atoms with Crippen LogP contribution in [0.1, 0.15) is 39.9 Å². The number of aromatic amines is 1. The molecule has 0 aliphatic rings. The number of nitrogens with zero attached hydrogens (tertiary/aromatic N) is 2. The first-order chi connectivity index (χ1) is 13.6. The van der Waals surface area contributed by atoms with E-state index < -0.39 is 5.56 Å². The number of hydrogen-bond donors (Lipinski definition) is 2. The van der Waals surface area contributed by atoms with E-state index in [0.29, 0.717) is 17.7 Å². The molecule has 1 aromatic heterocycles. The topological polar surface area (TPSA) is 106 Å². The number of anilines is 1.